The number of nitrogens with one attached hydrogen (secondary N) is 1. The molecule has 0 unspecified atom stereocenters. The number of benzene rings is 2. The van der Waals surface area contributed by atoms with Crippen molar-refractivity contribution in [1.82, 2.24) is 5.32 Å². The minimum atomic E-state index is -0.301. The number of ether oxygens (including phenoxy) is 1. The fourth-order valence-corrected chi connectivity index (χ4v) is 2.55. The van der Waals surface area contributed by atoms with Crippen LogP contribution >= 0.6 is 11.6 Å². The minimum absolute atomic E-state index is 0.301. The Morgan fingerprint density at radius 2 is 1.76 bits per heavy atom. The maximum Gasteiger partial charge on any atom is 0.133 e. The second kappa shape index (κ2) is 6.92. The van der Waals surface area contributed by atoms with Crippen molar-refractivity contribution in [2.45, 2.75) is 27.3 Å². The van der Waals surface area contributed by atoms with Gasteiger partial charge in [0, 0.05) is 17.6 Å². The van der Waals surface area contributed by atoms with Crippen molar-refractivity contribution in [3.8, 4) is 11.5 Å². The summed E-state index contributed by atoms with van der Waals surface area (Å²) in [6.07, 6.45) is 0. The van der Waals surface area contributed by atoms with E-state index in [9.17, 15) is 4.39 Å². The molecule has 1 N–H and O–H groups in total. The predicted molar refractivity (Wildman–Crippen MR) is 84.8 cm³/mol. The monoisotopic (exact) mass is 307 g/mol. The van der Waals surface area contributed by atoms with Crippen LogP contribution in [0, 0.1) is 19.7 Å². The molecule has 0 fully saturated rings. The maximum atomic E-state index is 13.7. The van der Waals surface area contributed by atoms with E-state index in [2.05, 4.69) is 5.32 Å². The number of rotatable bonds is 5. The first kappa shape index (κ1) is 15.8. The lowest BCUT2D eigenvalue weighted by molar-refractivity contribution is 0.468. The standard InChI is InChI=1S/C17H19ClFNO/c1-4-20-10-13-7-15(19)9-16(8-13)21-17-11(2)5-14(18)6-12(17)3/h5-9,20H,4,10H2,1-3H3. The van der Waals surface area contributed by atoms with Crippen LogP contribution in [0.25, 0.3) is 0 Å². The van der Waals surface area contributed by atoms with E-state index in [1.165, 1.54) is 12.1 Å². The Morgan fingerprint density at radius 3 is 2.38 bits per heavy atom. The Kier molecular flexibility index (Phi) is 5.21. The van der Waals surface area contributed by atoms with Gasteiger partial charge in [-0.05, 0) is 61.3 Å². The van der Waals surface area contributed by atoms with Crippen molar-refractivity contribution >= 4 is 11.6 Å². The van der Waals surface area contributed by atoms with Crippen molar-refractivity contribution in [2.75, 3.05) is 6.54 Å². The van der Waals surface area contributed by atoms with Crippen LogP contribution in [-0.4, -0.2) is 6.54 Å². The summed E-state index contributed by atoms with van der Waals surface area (Å²) in [5.41, 5.74) is 2.71. The molecule has 0 radical (unpaired) electrons. The first-order valence-electron chi connectivity index (χ1n) is 6.94. The van der Waals surface area contributed by atoms with Crippen LogP contribution in [0.15, 0.2) is 30.3 Å². The molecule has 4 heteroatoms. The van der Waals surface area contributed by atoms with Crippen LogP contribution in [0.3, 0.4) is 0 Å². The molecule has 0 aliphatic heterocycles. The van der Waals surface area contributed by atoms with Gasteiger partial charge in [-0.2, -0.15) is 0 Å². The molecule has 0 aliphatic rings. The molecule has 0 heterocycles. The van der Waals surface area contributed by atoms with Crippen molar-refractivity contribution < 1.29 is 9.13 Å². The average molecular weight is 308 g/mol. The molecule has 2 nitrogen and oxygen atoms in total. The zero-order chi connectivity index (χ0) is 15.4. The van der Waals surface area contributed by atoms with Crippen LogP contribution in [0.4, 0.5) is 4.39 Å². The molecule has 0 aromatic heterocycles. The van der Waals surface area contributed by atoms with Crippen molar-refractivity contribution in [2.24, 2.45) is 0 Å². The molecule has 0 spiro atoms. The van der Waals surface area contributed by atoms with Crippen LogP contribution in [0.2, 0.25) is 5.02 Å². The largest absolute Gasteiger partial charge is 0.457 e. The van der Waals surface area contributed by atoms with Crippen molar-refractivity contribution in [3.05, 3.63) is 57.9 Å². The lowest BCUT2D eigenvalue weighted by atomic mass is 10.1. The van der Waals surface area contributed by atoms with Gasteiger partial charge in [0.1, 0.15) is 17.3 Å². The van der Waals surface area contributed by atoms with E-state index in [0.29, 0.717) is 17.3 Å². The highest BCUT2D eigenvalue weighted by Crippen LogP contribution is 2.32. The Bertz CT molecular complexity index is 620. The van der Waals surface area contributed by atoms with Gasteiger partial charge >= 0.3 is 0 Å². The highest BCUT2D eigenvalue weighted by molar-refractivity contribution is 6.30. The molecule has 21 heavy (non-hydrogen) atoms. The molecule has 0 aliphatic carbocycles. The Hall–Kier alpha value is -1.58. The van der Waals surface area contributed by atoms with E-state index in [1.54, 1.807) is 0 Å². The van der Waals surface area contributed by atoms with E-state index < -0.39 is 0 Å². The summed E-state index contributed by atoms with van der Waals surface area (Å²) in [6.45, 7) is 7.31. The first-order chi connectivity index (χ1) is 9.99. The van der Waals surface area contributed by atoms with Gasteiger partial charge in [-0.1, -0.05) is 18.5 Å². The summed E-state index contributed by atoms with van der Waals surface area (Å²) in [5, 5.41) is 3.84. The molecule has 2 aromatic carbocycles. The van der Waals surface area contributed by atoms with Crippen LogP contribution < -0.4 is 10.1 Å². The van der Waals surface area contributed by atoms with E-state index in [4.69, 9.17) is 16.3 Å². The van der Waals surface area contributed by atoms with Crippen molar-refractivity contribution in [1.29, 1.82) is 0 Å². The van der Waals surface area contributed by atoms with Crippen LogP contribution in [-0.2, 0) is 6.54 Å². The van der Waals surface area contributed by atoms with E-state index in [1.807, 2.05) is 39.0 Å². The molecule has 2 rings (SSSR count). The third-order valence-corrected chi connectivity index (χ3v) is 3.37. The molecule has 0 saturated carbocycles. The van der Waals surface area contributed by atoms with Gasteiger partial charge < -0.3 is 10.1 Å². The van der Waals surface area contributed by atoms with Gasteiger partial charge in [-0.25, -0.2) is 4.39 Å². The van der Waals surface area contributed by atoms with E-state index in [-0.39, 0.29) is 5.82 Å². The summed E-state index contributed by atoms with van der Waals surface area (Å²) < 4.78 is 19.6. The van der Waals surface area contributed by atoms with Gasteiger partial charge in [0.15, 0.2) is 0 Å². The molecule has 0 atom stereocenters. The lowest BCUT2D eigenvalue weighted by Crippen LogP contribution is -2.11. The molecular weight excluding hydrogens is 289 g/mol. The summed E-state index contributed by atoms with van der Waals surface area (Å²) in [6, 6.07) is 8.42. The SMILES string of the molecule is CCNCc1cc(F)cc(Oc2c(C)cc(Cl)cc2C)c1. The zero-order valence-corrected chi connectivity index (χ0v) is 13.2. The molecule has 0 saturated heterocycles. The topological polar surface area (TPSA) is 21.3 Å². The number of hydrogen-bond acceptors (Lipinski definition) is 2. The minimum Gasteiger partial charge on any atom is -0.457 e. The highest BCUT2D eigenvalue weighted by atomic mass is 35.5. The third-order valence-electron chi connectivity index (χ3n) is 3.16. The molecular formula is C17H19ClFNO. The van der Waals surface area contributed by atoms with Crippen molar-refractivity contribution in [3.63, 3.8) is 0 Å². The molecule has 0 amide bonds. The van der Waals surface area contributed by atoms with Crippen LogP contribution in [0.1, 0.15) is 23.6 Å². The second-order valence-corrected chi connectivity index (χ2v) is 5.48. The average Bonchev–Trinajstić information content (AvgIpc) is 2.40. The normalized spacial score (nSPS) is 10.7. The quantitative estimate of drug-likeness (QED) is 0.839. The van der Waals surface area contributed by atoms with Gasteiger partial charge in [-0.15, -0.1) is 0 Å². The van der Waals surface area contributed by atoms with Crippen LogP contribution in [0.5, 0.6) is 11.5 Å². The highest BCUT2D eigenvalue weighted by Gasteiger charge is 2.09. The molecule has 2 aromatic rings. The molecule has 112 valence electrons. The number of aryl methyl sites for hydroxylation is 2. The Balaban J connectivity index is 2.29. The predicted octanol–water partition coefficient (Wildman–Crippen LogP) is 5.00. The van der Waals surface area contributed by atoms with E-state index in [0.717, 1.165) is 29.0 Å². The summed E-state index contributed by atoms with van der Waals surface area (Å²) in [5.74, 6) is 0.917. The van der Waals surface area contributed by atoms with Gasteiger partial charge in [0.05, 0.1) is 0 Å². The summed E-state index contributed by atoms with van der Waals surface area (Å²) in [7, 11) is 0. The number of halogens is 2. The van der Waals surface area contributed by atoms with E-state index >= 15 is 0 Å². The number of hydrogen-bond donors (Lipinski definition) is 1. The summed E-state index contributed by atoms with van der Waals surface area (Å²) in [4.78, 5) is 0. The third kappa shape index (κ3) is 4.19. The van der Waals surface area contributed by atoms with Gasteiger partial charge in [-0.3, -0.25) is 0 Å². The smallest absolute Gasteiger partial charge is 0.133 e. The lowest BCUT2D eigenvalue weighted by Gasteiger charge is -2.13. The maximum absolute atomic E-state index is 13.7. The fraction of sp³-hybridized carbons (Fsp3) is 0.294. The van der Waals surface area contributed by atoms with Gasteiger partial charge in [0.25, 0.3) is 0 Å². The Morgan fingerprint density at radius 1 is 1.10 bits per heavy atom. The molecule has 0 bridgehead atoms. The second-order valence-electron chi connectivity index (χ2n) is 5.05. The zero-order valence-electron chi connectivity index (χ0n) is 12.5. The van der Waals surface area contributed by atoms with Gasteiger partial charge in [0.2, 0.25) is 0 Å². The summed E-state index contributed by atoms with van der Waals surface area (Å²) >= 11 is 6.01. The fourth-order valence-electron chi connectivity index (χ4n) is 2.23. The Labute approximate surface area is 129 Å². The first-order valence-corrected chi connectivity index (χ1v) is 7.32.